The highest BCUT2D eigenvalue weighted by molar-refractivity contribution is 5.27. The maximum atomic E-state index is 13.3. The van der Waals surface area contributed by atoms with E-state index in [1.165, 1.54) is 6.07 Å². The highest BCUT2D eigenvalue weighted by Crippen LogP contribution is 2.15. The summed E-state index contributed by atoms with van der Waals surface area (Å²) in [4.78, 5) is 0. The van der Waals surface area contributed by atoms with Gasteiger partial charge in [0.2, 0.25) is 0 Å². The summed E-state index contributed by atoms with van der Waals surface area (Å²) in [7, 11) is 1.74. The van der Waals surface area contributed by atoms with Gasteiger partial charge < -0.3 is 10.1 Å². The maximum absolute atomic E-state index is 13.3. The molecule has 0 spiro atoms. The number of ether oxygens (including phenoxy) is 1. The number of hydrogen-bond acceptors (Lipinski definition) is 2. The van der Waals surface area contributed by atoms with Crippen LogP contribution in [0.3, 0.4) is 0 Å². The molecule has 2 unspecified atom stereocenters. The number of aryl methyl sites for hydroxylation is 1. The van der Waals surface area contributed by atoms with E-state index in [2.05, 4.69) is 19.2 Å². The second kappa shape index (κ2) is 8.28. The third-order valence-electron chi connectivity index (χ3n) is 3.59. The Morgan fingerprint density at radius 1 is 1.32 bits per heavy atom. The molecule has 1 rings (SSSR count). The molecule has 0 amide bonds. The second-order valence-electron chi connectivity index (χ2n) is 5.15. The Morgan fingerprint density at radius 2 is 2.05 bits per heavy atom. The van der Waals surface area contributed by atoms with Crippen molar-refractivity contribution in [2.75, 3.05) is 13.7 Å². The van der Waals surface area contributed by atoms with E-state index >= 15 is 0 Å². The van der Waals surface area contributed by atoms with Crippen molar-refractivity contribution < 1.29 is 9.13 Å². The van der Waals surface area contributed by atoms with Crippen molar-refractivity contribution in [2.24, 2.45) is 0 Å². The number of methoxy groups -OCH3 is 1. The molecule has 19 heavy (non-hydrogen) atoms. The monoisotopic (exact) mass is 267 g/mol. The number of halogens is 1. The summed E-state index contributed by atoms with van der Waals surface area (Å²) in [5.41, 5.74) is 2.25. The van der Waals surface area contributed by atoms with E-state index in [1.807, 2.05) is 13.0 Å². The van der Waals surface area contributed by atoms with Gasteiger partial charge in [-0.3, -0.25) is 0 Å². The van der Waals surface area contributed by atoms with Gasteiger partial charge in [0.25, 0.3) is 0 Å². The highest BCUT2D eigenvalue weighted by Gasteiger charge is 2.12. The topological polar surface area (TPSA) is 21.3 Å². The standard InChI is InChI=1S/C16H26FNO/c1-5-18-16(9-7-13(3)19-4)11-14-10-15(17)8-6-12(14)2/h6,8,10,13,16,18H,5,7,9,11H2,1-4H3. The fourth-order valence-corrected chi connectivity index (χ4v) is 2.24. The smallest absolute Gasteiger partial charge is 0.123 e. The van der Waals surface area contributed by atoms with Crippen LogP contribution in [-0.4, -0.2) is 25.8 Å². The normalized spacial score (nSPS) is 14.4. The first-order valence-corrected chi connectivity index (χ1v) is 7.08. The summed E-state index contributed by atoms with van der Waals surface area (Å²) < 4.78 is 18.6. The fraction of sp³-hybridized carbons (Fsp3) is 0.625. The van der Waals surface area contributed by atoms with Crippen molar-refractivity contribution in [3.63, 3.8) is 0 Å². The van der Waals surface area contributed by atoms with Gasteiger partial charge in [0.1, 0.15) is 5.82 Å². The van der Waals surface area contributed by atoms with E-state index in [1.54, 1.807) is 13.2 Å². The lowest BCUT2D eigenvalue weighted by Crippen LogP contribution is -2.32. The van der Waals surface area contributed by atoms with Gasteiger partial charge in [-0.15, -0.1) is 0 Å². The zero-order chi connectivity index (χ0) is 14.3. The summed E-state index contributed by atoms with van der Waals surface area (Å²) >= 11 is 0. The first-order chi connectivity index (χ1) is 9.06. The Bertz CT molecular complexity index is 381. The predicted octanol–water partition coefficient (Wildman–Crippen LogP) is 3.47. The molecule has 1 aromatic carbocycles. The lowest BCUT2D eigenvalue weighted by Gasteiger charge is -2.20. The molecule has 2 atom stereocenters. The van der Waals surface area contributed by atoms with Crippen molar-refractivity contribution in [3.05, 3.63) is 35.1 Å². The van der Waals surface area contributed by atoms with E-state index in [9.17, 15) is 4.39 Å². The van der Waals surface area contributed by atoms with Crippen molar-refractivity contribution in [2.45, 2.75) is 52.2 Å². The van der Waals surface area contributed by atoms with Gasteiger partial charge in [0, 0.05) is 13.2 Å². The molecule has 2 nitrogen and oxygen atoms in total. The van der Waals surface area contributed by atoms with Crippen LogP contribution in [0.1, 0.15) is 37.8 Å². The molecule has 0 saturated carbocycles. The number of rotatable bonds is 8. The van der Waals surface area contributed by atoms with Gasteiger partial charge in [-0.2, -0.15) is 0 Å². The minimum Gasteiger partial charge on any atom is -0.382 e. The molecule has 0 heterocycles. The molecule has 3 heteroatoms. The zero-order valence-electron chi connectivity index (χ0n) is 12.5. The van der Waals surface area contributed by atoms with E-state index < -0.39 is 0 Å². The number of benzene rings is 1. The Morgan fingerprint density at radius 3 is 2.68 bits per heavy atom. The third kappa shape index (κ3) is 5.70. The van der Waals surface area contributed by atoms with Crippen LogP contribution in [0.5, 0.6) is 0 Å². The van der Waals surface area contributed by atoms with Gasteiger partial charge in [0.05, 0.1) is 6.10 Å². The molecule has 1 aromatic rings. The summed E-state index contributed by atoms with van der Waals surface area (Å²) in [6.07, 6.45) is 3.20. The third-order valence-corrected chi connectivity index (χ3v) is 3.59. The molecule has 108 valence electrons. The highest BCUT2D eigenvalue weighted by atomic mass is 19.1. The average Bonchev–Trinajstić information content (AvgIpc) is 2.40. The van der Waals surface area contributed by atoms with Gasteiger partial charge in [-0.05, 0) is 62.9 Å². The number of hydrogen-bond donors (Lipinski definition) is 1. The van der Waals surface area contributed by atoms with Crippen LogP contribution >= 0.6 is 0 Å². The summed E-state index contributed by atoms with van der Waals surface area (Å²) in [5, 5.41) is 3.48. The molecule has 1 N–H and O–H groups in total. The predicted molar refractivity (Wildman–Crippen MR) is 78.0 cm³/mol. The van der Waals surface area contributed by atoms with Gasteiger partial charge in [0.15, 0.2) is 0 Å². The van der Waals surface area contributed by atoms with Crippen molar-refractivity contribution in [1.82, 2.24) is 5.32 Å². The Hall–Kier alpha value is -0.930. The molecule has 0 bridgehead atoms. The minimum atomic E-state index is -0.152. The SMILES string of the molecule is CCNC(CCC(C)OC)Cc1cc(F)ccc1C. The Balaban J connectivity index is 2.63. The molecule has 0 aliphatic rings. The Labute approximate surface area is 116 Å². The molecule has 0 aromatic heterocycles. The number of likely N-dealkylation sites (N-methyl/N-ethyl adjacent to an activating group) is 1. The first kappa shape index (κ1) is 16.1. The molecule has 0 saturated heterocycles. The fourth-order valence-electron chi connectivity index (χ4n) is 2.24. The zero-order valence-corrected chi connectivity index (χ0v) is 12.5. The van der Waals surface area contributed by atoms with Crippen LogP contribution in [0.25, 0.3) is 0 Å². The molecular weight excluding hydrogens is 241 g/mol. The Kier molecular flexibility index (Phi) is 7.03. The molecule has 0 aliphatic heterocycles. The van der Waals surface area contributed by atoms with E-state index in [0.29, 0.717) is 6.04 Å². The molecule has 0 radical (unpaired) electrons. The summed E-state index contributed by atoms with van der Waals surface area (Å²) in [5.74, 6) is -0.152. The van der Waals surface area contributed by atoms with E-state index in [0.717, 1.165) is 36.9 Å². The lowest BCUT2D eigenvalue weighted by molar-refractivity contribution is 0.106. The lowest BCUT2D eigenvalue weighted by atomic mass is 9.97. The van der Waals surface area contributed by atoms with Crippen molar-refractivity contribution in [3.8, 4) is 0 Å². The van der Waals surface area contributed by atoms with E-state index in [4.69, 9.17) is 4.74 Å². The summed E-state index contributed by atoms with van der Waals surface area (Å²) in [6, 6.07) is 5.40. The second-order valence-corrected chi connectivity index (χ2v) is 5.15. The quantitative estimate of drug-likeness (QED) is 0.778. The molecule has 0 fully saturated rings. The van der Waals surface area contributed by atoms with Crippen molar-refractivity contribution in [1.29, 1.82) is 0 Å². The number of nitrogens with one attached hydrogen (secondary N) is 1. The van der Waals surface area contributed by atoms with Crippen LogP contribution in [0.2, 0.25) is 0 Å². The van der Waals surface area contributed by atoms with Crippen LogP contribution in [-0.2, 0) is 11.2 Å². The van der Waals surface area contributed by atoms with E-state index in [-0.39, 0.29) is 11.9 Å². The molecular formula is C16H26FNO. The average molecular weight is 267 g/mol. The maximum Gasteiger partial charge on any atom is 0.123 e. The van der Waals surface area contributed by atoms with Crippen LogP contribution < -0.4 is 5.32 Å². The van der Waals surface area contributed by atoms with Crippen LogP contribution in [0.4, 0.5) is 4.39 Å². The minimum absolute atomic E-state index is 0.152. The molecule has 0 aliphatic carbocycles. The summed E-state index contributed by atoms with van der Waals surface area (Å²) in [6.45, 7) is 7.15. The van der Waals surface area contributed by atoms with Crippen molar-refractivity contribution >= 4 is 0 Å². The van der Waals surface area contributed by atoms with Gasteiger partial charge in [-0.25, -0.2) is 4.39 Å². The van der Waals surface area contributed by atoms with Gasteiger partial charge in [-0.1, -0.05) is 13.0 Å². The van der Waals surface area contributed by atoms with Gasteiger partial charge >= 0.3 is 0 Å². The first-order valence-electron chi connectivity index (χ1n) is 7.08. The van der Waals surface area contributed by atoms with Crippen LogP contribution in [0, 0.1) is 12.7 Å². The van der Waals surface area contributed by atoms with Crippen LogP contribution in [0.15, 0.2) is 18.2 Å². The largest absolute Gasteiger partial charge is 0.382 e.